The second-order valence-corrected chi connectivity index (χ2v) is 8.70. The van der Waals surface area contributed by atoms with Gasteiger partial charge in [-0.2, -0.15) is 23.5 Å². The van der Waals surface area contributed by atoms with Gasteiger partial charge in [0.25, 0.3) is 0 Å². The van der Waals surface area contributed by atoms with Gasteiger partial charge in [0.15, 0.2) is 5.69 Å². The average molecular weight is 477 g/mol. The molecule has 0 aliphatic heterocycles. The van der Waals surface area contributed by atoms with Gasteiger partial charge in [0.2, 0.25) is 0 Å². The number of nitrogens with one attached hydrogen (secondary N) is 1. The van der Waals surface area contributed by atoms with Gasteiger partial charge in [0.05, 0.1) is 40.6 Å². The van der Waals surface area contributed by atoms with E-state index in [0.29, 0.717) is 5.69 Å². The maximum Gasteiger partial charge on any atom is 0.435 e. The highest BCUT2D eigenvalue weighted by atomic mass is 35.5. The number of hydrogen-bond donors (Lipinski definition) is 1. The molecular formula is C24H21ClF4N4. The van der Waals surface area contributed by atoms with E-state index in [1.54, 1.807) is 30.3 Å². The highest BCUT2D eigenvalue weighted by Crippen LogP contribution is 2.38. The van der Waals surface area contributed by atoms with Crippen molar-refractivity contribution >= 4 is 17.3 Å². The number of alkyl halides is 4. The lowest BCUT2D eigenvalue weighted by atomic mass is 10.0. The Morgan fingerprint density at radius 2 is 1.97 bits per heavy atom. The summed E-state index contributed by atoms with van der Waals surface area (Å²) in [4.78, 5) is 0. The Labute approximate surface area is 193 Å². The smallest absolute Gasteiger partial charge is 0.377 e. The summed E-state index contributed by atoms with van der Waals surface area (Å²) in [5.41, 5.74) is 0.587. The molecule has 1 aliphatic carbocycles. The quantitative estimate of drug-likeness (QED) is 0.282. The van der Waals surface area contributed by atoms with Crippen molar-refractivity contribution in [2.75, 3.05) is 5.32 Å². The zero-order valence-electron chi connectivity index (χ0n) is 17.5. The van der Waals surface area contributed by atoms with E-state index in [4.69, 9.17) is 16.9 Å². The molecule has 1 heterocycles. The van der Waals surface area contributed by atoms with E-state index in [2.05, 4.69) is 10.4 Å². The number of nitriles is 1. The molecule has 0 amide bonds. The number of nitrogens with zero attached hydrogens (tertiary/aromatic N) is 3. The standard InChI is InChI=1S/C24H21ClF4N4/c25-20(8-6-15-4-5-15)17-7-9-21(26)22(11-17)31-14-19-12-23(24(27,28)29)32-33(19)18-3-1-2-16(10-18)13-30/h1-3,7,9-12,15,20,31H,4-6,8,14H2. The molecule has 1 fully saturated rings. The Morgan fingerprint density at radius 3 is 2.67 bits per heavy atom. The first-order valence-electron chi connectivity index (χ1n) is 10.6. The summed E-state index contributed by atoms with van der Waals surface area (Å²) in [6, 6.07) is 13.5. The maximum absolute atomic E-state index is 14.4. The van der Waals surface area contributed by atoms with Gasteiger partial charge in [-0.25, -0.2) is 9.07 Å². The third-order valence-corrected chi connectivity index (χ3v) is 6.10. The molecule has 0 bridgehead atoms. The van der Waals surface area contributed by atoms with E-state index in [1.165, 1.54) is 25.0 Å². The number of benzene rings is 2. The van der Waals surface area contributed by atoms with Crippen LogP contribution in [-0.4, -0.2) is 9.78 Å². The minimum atomic E-state index is -4.65. The van der Waals surface area contributed by atoms with Gasteiger partial charge in [0, 0.05) is 0 Å². The van der Waals surface area contributed by atoms with Crippen LogP contribution >= 0.6 is 11.6 Å². The minimum absolute atomic E-state index is 0.116. The summed E-state index contributed by atoms with van der Waals surface area (Å²) >= 11 is 6.49. The van der Waals surface area contributed by atoms with Gasteiger partial charge in [-0.05, 0) is 60.7 Å². The molecule has 3 aromatic rings. The second kappa shape index (κ2) is 9.44. The lowest BCUT2D eigenvalue weighted by Crippen LogP contribution is -2.10. The second-order valence-electron chi connectivity index (χ2n) is 8.17. The summed E-state index contributed by atoms with van der Waals surface area (Å²) in [5.74, 6) is 0.199. The molecule has 33 heavy (non-hydrogen) atoms. The summed E-state index contributed by atoms with van der Waals surface area (Å²) in [5, 5.41) is 15.4. The largest absolute Gasteiger partial charge is 0.435 e. The van der Waals surface area contributed by atoms with Crippen molar-refractivity contribution in [1.82, 2.24) is 9.78 Å². The van der Waals surface area contributed by atoms with Crippen LogP contribution in [0.25, 0.3) is 5.69 Å². The fourth-order valence-corrected chi connectivity index (χ4v) is 3.89. The third kappa shape index (κ3) is 5.66. The van der Waals surface area contributed by atoms with Crippen LogP contribution in [0.1, 0.15) is 53.6 Å². The molecule has 1 aromatic heterocycles. The number of hydrogen-bond acceptors (Lipinski definition) is 3. The Hall–Kier alpha value is -3.05. The number of anilines is 1. The van der Waals surface area contributed by atoms with Crippen molar-refractivity contribution in [2.24, 2.45) is 5.92 Å². The lowest BCUT2D eigenvalue weighted by molar-refractivity contribution is -0.141. The van der Waals surface area contributed by atoms with Crippen molar-refractivity contribution in [3.05, 3.63) is 76.9 Å². The van der Waals surface area contributed by atoms with Crippen LogP contribution in [-0.2, 0) is 12.7 Å². The van der Waals surface area contributed by atoms with Crippen molar-refractivity contribution in [3.8, 4) is 11.8 Å². The van der Waals surface area contributed by atoms with Gasteiger partial charge in [-0.15, -0.1) is 11.6 Å². The van der Waals surface area contributed by atoms with Crippen LogP contribution in [0.2, 0.25) is 0 Å². The Kier molecular flexibility index (Phi) is 6.61. The van der Waals surface area contributed by atoms with Crippen molar-refractivity contribution in [2.45, 2.75) is 43.8 Å². The predicted molar refractivity (Wildman–Crippen MR) is 118 cm³/mol. The van der Waals surface area contributed by atoms with Gasteiger partial charge in [-0.1, -0.05) is 25.0 Å². The molecule has 1 saturated carbocycles. The van der Waals surface area contributed by atoms with Crippen LogP contribution in [0.4, 0.5) is 23.2 Å². The lowest BCUT2D eigenvalue weighted by Gasteiger charge is -2.14. The molecule has 4 nitrogen and oxygen atoms in total. The first-order valence-corrected chi connectivity index (χ1v) is 11.0. The normalized spacial score (nSPS) is 14.7. The molecule has 1 aliphatic rings. The van der Waals surface area contributed by atoms with Gasteiger partial charge < -0.3 is 5.32 Å². The van der Waals surface area contributed by atoms with Crippen molar-refractivity contribution < 1.29 is 17.6 Å². The zero-order chi connectivity index (χ0) is 23.6. The molecule has 1 unspecified atom stereocenters. The van der Waals surface area contributed by atoms with E-state index in [0.717, 1.165) is 35.1 Å². The Balaban J connectivity index is 1.58. The molecule has 172 valence electrons. The molecule has 2 aromatic carbocycles. The van der Waals surface area contributed by atoms with Crippen LogP contribution in [0.15, 0.2) is 48.5 Å². The molecule has 1 atom stereocenters. The van der Waals surface area contributed by atoms with Crippen LogP contribution in [0.3, 0.4) is 0 Å². The van der Waals surface area contributed by atoms with E-state index in [9.17, 15) is 17.6 Å². The van der Waals surface area contributed by atoms with Gasteiger partial charge in [-0.3, -0.25) is 0 Å². The summed E-state index contributed by atoms with van der Waals surface area (Å²) in [7, 11) is 0. The number of rotatable bonds is 8. The topological polar surface area (TPSA) is 53.6 Å². The highest BCUT2D eigenvalue weighted by Gasteiger charge is 2.35. The summed E-state index contributed by atoms with van der Waals surface area (Å²) in [6.07, 6.45) is -0.384. The zero-order valence-corrected chi connectivity index (χ0v) is 18.3. The average Bonchev–Trinajstić information content (AvgIpc) is 3.52. The molecule has 1 N–H and O–H groups in total. The summed E-state index contributed by atoms with van der Waals surface area (Å²) < 4.78 is 55.5. The molecular weight excluding hydrogens is 456 g/mol. The first kappa shape index (κ1) is 23.1. The minimum Gasteiger partial charge on any atom is -0.377 e. The van der Waals surface area contributed by atoms with Crippen LogP contribution in [0, 0.1) is 23.1 Å². The molecule has 0 spiro atoms. The first-order chi connectivity index (χ1) is 15.7. The molecule has 9 heteroatoms. The van der Waals surface area contributed by atoms with Crippen LogP contribution < -0.4 is 5.32 Å². The van der Waals surface area contributed by atoms with E-state index in [1.807, 2.05) is 6.07 Å². The number of halogens is 5. The Bertz CT molecular complexity index is 1180. The monoisotopic (exact) mass is 476 g/mol. The SMILES string of the molecule is N#Cc1cccc(-n2nc(C(F)(F)F)cc2CNc2cc(C(Cl)CCC3CC3)ccc2F)c1. The molecule has 4 rings (SSSR count). The van der Waals surface area contributed by atoms with E-state index < -0.39 is 17.7 Å². The predicted octanol–water partition coefficient (Wildman–Crippen LogP) is 6.98. The van der Waals surface area contributed by atoms with Crippen molar-refractivity contribution in [3.63, 3.8) is 0 Å². The van der Waals surface area contributed by atoms with E-state index in [-0.39, 0.29) is 28.9 Å². The molecule has 0 radical (unpaired) electrons. The van der Waals surface area contributed by atoms with Crippen molar-refractivity contribution in [1.29, 1.82) is 5.26 Å². The Morgan fingerprint density at radius 1 is 1.18 bits per heavy atom. The highest BCUT2D eigenvalue weighted by molar-refractivity contribution is 6.20. The fourth-order valence-electron chi connectivity index (χ4n) is 3.63. The third-order valence-electron chi connectivity index (χ3n) is 5.63. The van der Waals surface area contributed by atoms with Crippen LogP contribution in [0.5, 0.6) is 0 Å². The summed E-state index contributed by atoms with van der Waals surface area (Å²) in [6.45, 7) is -0.116. The fraction of sp³-hybridized carbons (Fsp3) is 0.333. The van der Waals surface area contributed by atoms with E-state index >= 15 is 0 Å². The van der Waals surface area contributed by atoms with Gasteiger partial charge in [0.1, 0.15) is 5.82 Å². The molecule has 0 saturated heterocycles. The number of aromatic nitrogens is 2. The van der Waals surface area contributed by atoms with Gasteiger partial charge >= 0.3 is 6.18 Å². The maximum atomic E-state index is 14.4.